The van der Waals surface area contributed by atoms with Crippen molar-refractivity contribution < 1.29 is 14.3 Å². The Bertz CT molecular complexity index is 880. The van der Waals surface area contributed by atoms with E-state index >= 15 is 0 Å². The molecule has 0 radical (unpaired) electrons. The lowest BCUT2D eigenvalue weighted by atomic mass is 10.0. The van der Waals surface area contributed by atoms with Gasteiger partial charge in [0.05, 0.1) is 11.6 Å². The average molecular weight is 408 g/mol. The van der Waals surface area contributed by atoms with Gasteiger partial charge in [-0.3, -0.25) is 4.90 Å². The van der Waals surface area contributed by atoms with E-state index in [1.165, 1.54) is 0 Å². The van der Waals surface area contributed by atoms with Gasteiger partial charge in [0, 0.05) is 25.7 Å². The molecular weight excluding hydrogens is 378 g/mol. The number of alkyl carbamates (subject to hydrolysis) is 1. The van der Waals surface area contributed by atoms with Crippen LogP contribution in [0.5, 0.6) is 5.75 Å². The molecule has 158 valence electrons. The van der Waals surface area contributed by atoms with E-state index in [0.29, 0.717) is 12.2 Å². The number of rotatable bonds is 6. The lowest BCUT2D eigenvalue weighted by Crippen LogP contribution is -2.40. The predicted molar refractivity (Wildman–Crippen MR) is 116 cm³/mol. The zero-order valence-electron chi connectivity index (χ0n) is 17.9. The van der Waals surface area contributed by atoms with Crippen LogP contribution in [0.1, 0.15) is 32.8 Å². The molecule has 1 aliphatic rings. The van der Waals surface area contributed by atoms with Crippen LogP contribution in [-0.2, 0) is 4.74 Å². The summed E-state index contributed by atoms with van der Waals surface area (Å²) in [5.41, 5.74) is 2.33. The second-order valence-corrected chi connectivity index (χ2v) is 8.49. The molecule has 0 saturated carbocycles. The molecule has 1 fully saturated rings. The molecule has 6 heteroatoms. The van der Waals surface area contributed by atoms with Crippen molar-refractivity contribution in [3.05, 3.63) is 54.1 Å². The Morgan fingerprint density at radius 2 is 1.77 bits per heavy atom. The van der Waals surface area contributed by atoms with Crippen molar-refractivity contribution in [1.82, 2.24) is 10.2 Å². The van der Waals surface area contributed by atoms with Gasteiger partial charge in [-0.15, -0.1) is 0 Å². The molecule has 1 aliphatic heterocycles. The van der Waals surface area contributed by atoms with Crippen molar-refractivity contribution in [2.24, 2.45) is 0 Å². The molecule has 6 nitrogen and oxygen atoms in total. The van der Waals surface area contributed by atoms with Crippen molar-refractivity contribution in [1.29, 1.82) is 5.26 Å². The van der Waals surface area contributed by atoms with Crippen LogP contribution in [0.2, 0.25) is 0 Å². The Morgan fingerprint density at radius 1 is 1.13 bits per heavy atom. The molecule has 2 aromatic rings. The molecule has 1 amide bonds. The third-order valence-electron chi connectivity index (χ3n) is 4.87. The van der Waals surface area contributed by atoms with Crippen LogP contribution in [0.15, 0.2) is 48.5 Å². The van der Waals surface area contributed by atoms with Gasteiger partial charge in [0.1, 0.15) is 18.0 Å². The van der Waals surface area contributed by atoms with Gasteiger partial charge in [0.15, 0.2) is 0 Å². The largest absolute Gasteiger partial charge is 0.492 e. The first-order valence-corrected chi connectivity index (χ1v) is 10.3. The second-order valence-electron chi connectivity index (χ2n) is 8.49. The van der Waals surface area contributed by atoms with Gasteiger partial charge in [0.25, 0.3) is 0 Å². The summed E-state index contributed by atoms with van der Waals surface area (Å²) < 4.78 is 11.2. The van der Waals surface area contributed by atoms with Crippen LogP contribution in [-0.4, -0.2) is 48.9 Å². The Kier molecular flexibility index (Phi) is 6.96. The molecule has 1 heterocycles. The highest BCUT2D eigenvalue weighted by molar-refractivity contribution is 5.68. The van der Waals surface area contributed by atoms with Gasteiger partial charge in [0.2, 0.25) is 0 Å². The van der Waals surface area contributed by atoms with Gasteiger partial charge in [-0.2, -0.15) is 5.26 Å². The first kappa shape index (κ1) is 21.7. The third kappa shape index (κ3) is 6.50. The number of amides is 1. The maximum atomic E-state index is 11.9. The number of nitrogens with one attached hydrogen (secondary N) is 1. The fraction of sp³-hybridized carbons (Fsp3) is 0.417. The van der Waals surface area contributed by atoms with E-state index in [0.717, 1.165) is 42.9 Å². The maximum Gasteiger partial charge on any atom is 0.407 e. The van der Waals surface area contributed by atoms with E-state index in [9.17, 15) is 4.79 Å². The first-order chi connectivity index (χ1) is 14.3. The molecule has 30 heavy (non-hydrogen) atoms. The number of ether oxygens (including phenoxy) is 2. The quantitative estimate of drug-likeness (QED) is 0.777. The molecule has 3 rings (SSSR count). The molecule has 1 saturated heterocycles. The maximum absolute atomic E-state index is 11.9. The molecule has 0 unspecified atom stereocenters. The van der Waals surface area contributed by atoms with Crippen LogP contribution < -0.4 is 10.1 Å². The molecule has 2 aromatic carbocycles. The zero-order chi connectivity index (χ0) is 21.6. The standard InChI is InChI=1S/C24H29N3O3/c1-24(2,3)30-23(28)26-21-12-13-27(17-21)14-15-29-22-10-8-20(9-11-22)19-6-4-18(16-25)5-7-19/h4-11,21H,12-15,17H2,1-3H3,(H,26,28)/t21-/m0/s1. The van der Waals surface area contributed by atoms with Crippen LogP contribution in [0.3, 0.4) is 0 Å². The number of likely N-dealkylation sites (tertiary alicyclic amines) is 1. The molecule has 0 aliphatic carbocycles. The van der Waals surface area contributed by atoms with Crippen molar-refractivity contribution in [3.63, 3.8) is 0 Å². The highest BCUT2D eigenvalue weighted by Gasteiger charge is 2.25. The highest BCUT2D eigenvalue weighted by Crippen LogP contribution is 2.23. The normalized spacial score (nSPS) is 16.7. The number of hydrogen-bond donors (Lipinski definition) is 1. The van der Waals surface area contributed by atoms with Gasteiger partial charge < -0.3 is 14.8 Å². The van der Waals surface area contributed by atoms with Crippen molar-refractivity contribution >= 4 is 6.09 Å². The van der Waals surface area contributed by atoms with Gasteiger partial charge in [-0.1, -0.05) is 24.3 Å². The lowest BCUT2D eigenvalue weighted by molar-refractivity contribution is 0.0505. The summed E-state index contributed by atoms with van der Waals surface area (Å²) >= 11 is 0. The number of nitrogens with zero attached hydrogens (tertiary/aromatic N) is 2. The Hall–Kier alpha value is -3.04. The minimum absolute atomic E-state index is 0.117. The van der Waals surface area contributed by atoms with E-state index in [2.05, 4.69) is 16.3 Å². The summed E-state index contributed by atoms with van der Waals surface area (Å²) in [4.78, 5) is 14.2. The van der Waals surface area contributed by atoms with E-state index < -0.39 is 5.60 Å². The number of carbonyl (C=O) groups is 1. The summed E-state index contributed by atoms with van der Waals surface area (Å²) in [6.07, 6.45) is 0.561. The van der Waals surface area contributed by atoms with Crippen LogP contribution in [0, 0.1) is 11.3 Å². The van der Waals surface area contributed by atoms with Crippen LogP contribution in [0.25, 0.3) is 11.1 Å². The van der Waals surface area contributed by atoms with Crippen LogP contribution in [0.4, 0.5) is 4.79 Å². The summed E-state index contributed by atoms with van der Waals surface area (Å²) in [7, 11) is 0. The Morgan fingerprint density at radius 3 is 2.37 bits per heavy atom. The van der Waals surface area contributed by atoms with Crippen molar-refractivity contribution in [3.8, 4) is 22.9 Å². The van der Waals surface area contributed by atoms with Crippen LogP contribution >= 0.6 is 0 Å². The van der Waals surface area contributed by atoms with Gasteiger partial charge in [-0.25, -0.2) is 4.79 Å². The monoisotopic (exact) mass is 407 g/mol. The minimum atomic E-state index is -0.480. The van der Waals surface area contributed by atoms with E-state index in [1.807, 2.05) is 69.3 Å². The molecule has 0 spiro atoms. The molecule has 0 bridgehead atoms. The van der Waals surface area contributed by atoms with Gasteiger partial charge >= 0.3 is 6.09 Å². The molecule has 0 aromatic heterocycles. The Balaban J connectivity index is 1.40. The highest BCUT2D eigenvalue weighted by atomic mass is 16.6. The number of benzene rings is 2. The topological polar surface area (TPSA) is 74.6 Å². The molecule has 1 N–H and O–H groups in total. The first-order valence-electron chi connectivity index (χ1n) is 10.3. The smallest absolute Gasteiger partial charge is 0.407 e. The Labute approximate surface area is 178 Å². The summed E-state index contributed by atoms with van der Waals surface area (Å²) in [6, 6.07) is 17.8. The number of carbonyl (C=O) groups excluding carboxylic acids is 1. The SMILES string of the molecule is CC(C)(C)OC(=O)N[C@H]1CCN(CCOc2ccc(-c3ccc(C#N)cc3)cc2)C1. The predicted octanol–water partition coefficient (Wildman–Crippen LogP) is 4.20. The lowest BCUT2D eigenvalue weighted by Gasteiger charge is -2.22. The minimum Gasteiger partial charge on any atom is -0.492 e. The third-order valence-corrected chi connectivity index (χ3v) is 4.87. The average Bonchev–Trinajstić information content (AvgIpc) is 3.14. The van der Waals surface area contributed by atoms with E-state index in [1.54, 1.807) is 0 Å². The van der Waals surface area contributed by atoms with E-state index in [-0.39, 0.29) is 12.1 Å². The van der Waals surface area contributed by atoms with Crippen molar-refractivity contribution in [2.45, 2.75) is 38.8 Å². The van der Waals surface area contributed by atoms with Gasteiger partial charge in [-0.05, 0) is 62.6 Å². The fourth-order valence-corrected chi connectivity index (χ4v) is 3.40. The zero-order valence-corrected chi connectivity index (χ0v) is 17.9. The van der Waals surface area contributed by atoms with Crippen molar-refractivity contribution in [2.75, 3.05) is 26.2 Å². The second kappa shape index (κ2) is 9.64. The molecular formula is C24H29N3O3. The van der Waals surface area contributed by atoms with E-state index in [4.69, 9.17) is 14.7 Å². The summed E-state index contributed by atoms with van der Waals surface area (Å²) in [5, 5.41) is 11.8. The summed E-state index contributed by atoms with van der Waals surface area (Å²) in [5.74, 6) is 0.829. The number of hydrogen-bond acceptors (Lipinski definition) is 5. The molecule has 1 atom stereocenters. The summed E-state index contributed by atoms with van der Waals surface area (Å²) in [6.45, 7) is 8.73. The fourth-order valence-electron chi connectivity index (χ4n) is 3.40. The number of nitriles is 1.